The summed E-state index contributed by atoms with van der Waals surface area (Å²) in [5.74, 6) is 2.56. The largest absolute Gasteiger partial charge is 0.381 e. The van der Waals surface area contributed by atoms with E-state index in [4.69, 9.17) is 18.7 Å². The smallest absolute Gasteiger partial charge is 0.224 e. The molecule has 2 aliphatic heterocycles. The zero-order chi connectivity index (χ0) is 23.6. The van der Waals surface area contributed by atoms with Gasteiger partial charge in [0.25, 0.3) is 0 Å². The highest BCUT2D eigenvalue weighted by molar-refractivity contribution is 8.01. The molecular weight excluding hydrogens is 440 g/mol. The lowest BCUT2D eigenvalue weighted by atomic mass is 9.83. The van der Waals surface area contributed by atoms with Crippen LogP contribution < -0.4 is 5.32 Å². The van der Waals surface area contributed by atoms with E-state index in [1.807, 2.05) is 27.0 Å². The summed E-state index contributed by atoms with van der Waals surface area (Å²) in [6, 6.07) is 2.01. The monoisotopic (exact) mass is 482 g/mol. The zero-order valence-electron chi connectivity index (χ0n) is 20.6. The van der Waals surface area contributed by atoms with Gasteiger partial charge in [0, 0.05) is 38.3 Å². The second kappa shape index (κ2) is 13.1. The predicted octanol–water partition coefficient (Wildman–Crippen LogP) is 5.20. The highest BCUT2D eigenvalue weighted by Gasteiger charge is 2.39. The van der Waals surface area contributed by atoms with Crippen LogP contribution >= 0.6 is 11.8 Å². The lowest BCUT2D eigenvalue weighted by Crippen LogP contribution is -2.33. The van der Waals surface area contributed by atoms with Gasteiger partial charge in [-0.25, -0.2) is 0 Å². The summed E-state index contributed by atoms with van der Waals surface area (Å²) in [6.45, 7) is 7.26. The van der Waals surface area contributed by atoms with Gasteiger partial charge >= 0.3 is 0 Å². The standard InChI is InChI=1S/C15H24N2O3.C10H18O2S/c1-16-13-10-12(17-20-13)15(7-3-4-8-15)11-19-14-6-2-5-9-18-14;1-10(2,8-11)13-7-9-3-5-12-6-4-9/h10,14,16H,2-9,11H2,1H3;8-9H,3-7H2,1-2H3. The van der Waals surface area contributed by atoms with Gasteiger partial charge in [-0.2, -0.15) is 0 Å². The first-order chi connectivity index (χ1) is 16.0. The van der Waals surface area contributed by atoms with Gasteiger partial charge in [0.05, 0.1) is 17.0 Å². The summed E-state index contributed by atoms with van der Waals surface area (Å²) in [4.78, 5) is 10.7. The highest BCUT2D eigenvalue weighted by Crippen LogP contribution is 2.42. The fraction of sp³-hybridized carbons (Fsp3) is 0.840. The van der Waals surface area contributed by atoms with Crippen LogP contribution in [0.15, 0.2) is 10.6 Å². The molecule has 1 aliphatic carbocycles. The maximum Gasteiger partial charge on any atom is 0.224 e. The summed E-state index contributed by atoms with van der Waals surface area (Å²) in [6.07, 6.45) is 11.4. The average molecular weight is 483 g/mol. The van der Waals surface area contributed by atoms with Gasteiger partial charge in [-0.1, -0.05) is 18.0 Å². The van der Waals surface area contributed by atoms with Gasteiger partial charge in [0.1, 0.15) is 6.29 Å². The molecule has 1 saturated carbocycles. The number of nitrogens with one attached hydrogen (secondary N) is 1. The molecule has 1 atom stereocenters. The molecule has 0 radical (unpaired) electrons. The Kier molecular flexibility index (Phi) is 10.5. The topological polar surface area (TPSA) is 82.8 Å². The van der Waals surface area contributed by atoms with E-state index in [9.17, 15) is 4.79 Å². The van der Waals surface area contributed by atoms with Crippen LogP contribution in [0.1, 0.15) is 77.3 Å². The Morgan fingerprint density at radius 3 is 2.55 bits per heavy atom. The molecule has 33 heavy (non-hydrogen) atoms. The normalized spacial score (nSPS) is 23.5. The van der Waals surface area contributed by atoms with Crippen LogP contribution in [0.3, 0.4) is 0 Å². The first-order valence-corrected chi connectivity index (χ1v) is 13.5. The van der Waals surface area contributed by atoms with Crippen LogP contribution in [-0.2, 0) is 24.4 Å². The van der Waals surface area contributed by atoms with Gasteiger partial charge in [0.2, 0.25) is 5.88 Å². The number of thioether (sulfide) groups is 1. The molecule has 0 bridgehead atoms. The van der Waals surface area contributed by atoms with E-state index in [1.54, 1.807) is 11.8 Å². The minimum atomic E-state index is -0.210. The molecule has 3 fully saturated rings. The summed E-state index contributed by atoms with van der Waals surface area (Å²) in [5.41, 5.74) is 1.04. The molecule has 1 unspecified atom stereocenters. The average Bonchev–Trinajstić information content (AvgIpc) is 3.54. The van der Waals surface area contributed by atoms with E-state index in [2.05, 4.69) is 10.5 Å². The Bertz CT molecular complexity index is 693. The second-order valence-electron chi connectivity index (χ2n) is 10.0. The molecule has 188 valence electrons. The molecular formula is C25H42N2O5S. The lowest BCUT2D eigenvalue weighted by Gasteiger charge is -2.30. The second-order valence-corrected chi connectivity index (χ2v) is 11.7. The maximum atomic E-state index is 10.7. The van der Waals surface area contributed by atoms with Crippen molar-refractivity contribution < 1.29 is 23.5 Å². The SMILES string of the molecule is CC(C)(C=O)SCC1CCOCC1.CNc1cc(C2(COC3CCCCO3)CCCC2)no1. The van der Waals surface area contributed by atoms with Crippen molar-refractivity contribution in [2.24, 2.45) is 5.92 Å². The van der Waals surface area contributed by atoms with E-state index in [-0.39, 0.29) is 16.5 Å². The van der Waals surface area contributed by atoms with Crippen LogP contribution in [0.2, 0.25) is 0 Å². The number of carbonyl (C=O) groups is 1. The van der Waals surface area contributed by atoms with Crippen LogP contribution in [0, 0.1) is 5.92 Å². The van der Waals surface area contributed by atoms with Crippen molar-refractivity contribution in [3.8, 4) is 0 Å². The Morgan fingerprint density at radius 2 is 1.94 bits per heavy atom. The van der Waals surface area contributed by atoms with E-state index in [0.29, 0.717) is 6.61 Å². The quantitative estimate of drug-likeness (QED) is 0.481. The molecule has 8 heteroatoms. The van der Waals surface area contributed by atoms with Crippen molar-refractivity contribution in [1.82, 2.24) is 5.16 Å². The fourth-order valence-corrected chi connectivity index (χ4v) is 5.61. The van der Waals surface area contributed by atoms with E-state index < -0.39 is 0 Å². The maximum absolute atomic E-state index is 10.7. The van der Waals surface area contributed by atoms with Gasteiger partial charge in [-0.15, -0.1) is 11.8 Å². The summed E-state index contributed by atoms with van der Waals surface area (Å²) in [5, 5.41) is 7.25. The van der Waals surface area contributed by atoms with Crippen molar-refractivity contribution in [3.63, 3.8) is 0 Å². The molecule has 3 aliphatic rings. The first-order valence-electron chi connectivity index (χ1n) is 12.5. The van der Waals surface area contributed by atoms with Crippen molar-refractivity contribution in [2.45, 2.75) is 88.1 Å². The molecule has 2 saturated heterocycles. The van der Waals surface area contributed by atoms with E-state index in [0.717, 1.165) is 87.9 Å². The van der Waals surface area contributed by atoms with Gasteiger partial charge < -0.3 is 28.8 Å². The molecule has 0 aromatic carbocycles. The fourth-order valence-electron chi connectivity index (χ4n) is 4.54. The predicted molar refractivity (Wildman–Crippen MR) is 132 cm³/mol. The lowest BCUT2D eigenvalue weighted by molar-refractivity contribution is -0.172. The molecule has 1 N–H and O–H groups in total. The Hall–Kier alpha value is -1.09. The van der Waals surface area contributed by atoms with Crippen molar-refractivity contribution in [3.05, 3.63) is 11.8 Å². The number of anilines is 1. The zero-order valence-corrected chi connectivity index (χ0v) is 21.4. The molecule has 0 amide bonds. The van der Waals surface area contributed by atoms with Crippen LogP contribution in [-0.4, -0.2) is 61.7 Å². The highest BCUT2D eigenvalue weighted by atomic mass is 32.2. The number of aromatic nitrogens is 1. The number of rotatable bonds is 9. The number of ether oxygens (including phenoxy) is 3. The van der Waals surface area contributed by atoms with E-state index in [1.165, 1.54) is 19.3 Å². The Balaban J connectivity index is 0.000000205. The molecule has 3 heterocycles. The van der Waals surface area contributed by atoms with Crippen molar-refractivity contribution in [2.75, 3.05) is 44.5 Å². The van der Waals surface area contributed by atoms with Gasteiger partial charge in [0.15, 0.2) is 6.29 Å². The molecule has 1 aromatic rings. The third-order valence-electron chi connectivity index (χ3n) is 6.86. The third-order valence-corrected chi connectivity index (χ3v) is 8.34. The van der Waals surface area contributed by atoms with Crippen LogP contribution in [0.5, 0.6) is 0 Å². The van der Waals surface area contributed by atoms with Gasteiger partial charge in [-0.3, -0.25) is 0 Å². The number of hydrogen-bond donors (Lipinski definition) is 1. The number of carbonyl (C=O) groups excluding carboxylic acids is 1. The minimum Gasteiger partial charge on any atom is -0.381 e. The third kappa shape index (κ3) is 8.26. The van der Waals surface area contributed by atoms with Crippen LogP contribution in [0.4, 0.5) is 5.88 Å². The Labute approximate surface area is 203 Å². The van der Waals surface area contributed by atoms with E-state index >= 15 is 0 Å². The van der Waals surface area contributed by atoms with Gasteiger partial charge in [-0.05, 0) is 70.5 Å². The Morgan fingerprint density at radius 1 is 1.18 bits per heavy atom. The summed E-state index contributed by atoms with van der Waals surface area (Å²) in [7, 11) is 1.85. The van der Waals surface area contributed by atoms with Crippen molar-refractivity contribution >= 4 is 23.9 Å². The number of aldehydes is 1. The molecule has 0 spiro atoms. The van der Waals surface area contributed by atoms with Crippen LogP contribution in [0.25, 0.3) is 0 Å². The first kappa shape index (κ1) is 26.5. The number of nitrogens with zero attached hydrogens (tertiary/aromatic N) is 1. The molecule has 7 nitrogen and oxygen atoms in total. The minimum absolute atomic E-state index is 0.0133. The molecule has 1 aromatic heterocycles. The molecule has 4 rings (SSSR count). The number of hydrogen-bond acceptors (Lipinski definition) is 8. The van der Waals surface area contributed by atoms with Crippen molar-refractivity contribution in [1.29, 1.82) is 0 Å². The summed E-state index contributed by atoms with van der Waals surface area (Å²) < 4.78 is 22.1. The summed E-state index contributed by atoms with van der Waals surface area (Å²) >= 11 is 1.76.